The number of guanidine groups is 1. The highest BCUT2D eigenvalue weighted by atomic mass is 16.4. The fourth-order valence-electron chi connectivity index (χ4n) is 0.947. The molecule has 0 fully saturated rings. The van der Waals surface area contributed by atoms with E-state index in [-0.39, 0.29) is 5.96 Å². The number of hydrogen-bond acceptors (Lipinski definition) is 4. The fourth-order valence-corrected chi connectivity index (χ4v) is 0.947. The van der Waals surface area contributed by atoms with E-state index in [0.29, 0.717) is 19.4 Å². The van der Waals surface area contributed by atoms with E-state index < -0.39 is 12.0 Å². The molecule has 0 aliphatic carbocycles. The first-order valence-corrected chi connectivity index (χ1v) is 4.32. The molecule has 0 aromatic heterocycles. The Kier molecular flexibility index (Phi) is 6.42. The van der Waals surface area contributed by atoms with Gasteiger partial charge in [-0.3, -0.25) is 15.6 Å². The van der Waals surface area contributed by atoms with Crippen molar-refractivity contribution in [2.45, 2.75) is 25.3 Å². The molecule has 0 heterocycles. The highest BCUT2D eigenvalue weighted by molar-refractivity contribution is 5.75. The van der Waals surface area contributed by atoms with E-state index in [4.69, 9.17) is 22.4 Å². The molecule has 1 unspecified atom stereocenters. The summed E-state index contributed by atoms with van der Waals surface area (Å²) >= 11 is 0. The van der Waals surface area contributed by atoms with E-state index in [2.05, 4.69) is 10.4 Å². The second kappa shape index (κ2) is 7.10. The van der Waals surface area contributed by atoms with Crippen LogP contribution in [0.1, 0.15) is 19.3 Å². The lowest BCUT2D eigenvalue weighted by Gasteiger charge is -2.09. The lowest BCUT2D eigenvalue weighted by Crippen LogP contribution is -2.41. The highest BCUT2D eigenvalue weighted by Crippen LogP contribution is 2.00. The van der Waals surface area contributed by atoms with Gasteiger partial charge in [0.1, 0.15) is 6.04 Å². The summed E-state index contributed by atoms with van der Waals surface area (Å²) in [5.74, 6) is 4.14. The molecule has 0 radical (unpaired) electrons. The van der Waals surface area contributed by atoms with Crippen molar-refractivity contribution >= 4 is 11.9 Å². The molecule has 0 aromatic carbocycles. The van der Waals surface area contributed by atoms with Gasteiger partial charge in [-0.15, -0.1) is 0 Å². The maximum absolute atomic E-state index is 10.5. The molecule has 0 rings (SSSR count). The third-order valence-corrected chi connectivity index (χ3v) is 1.69. The second-order valence-corrected chi connectivity index (χ2v) is 2.86. The number of carboxylic acids is 1. The summed E-state index contributed by atoms with van der Waals surface area (Å²) in [4.78, 5) is 14.3. The number of hydrazine groups is 1. The first-order valence-electron chi connectivity index (χ1n) is 4.32. The number of carboxylic acid groups (broad SMARTS) is 1. The van der Waals surface area contributed by atoms with Crippen molar-refractivity contribution in [1.29, 1.82) is 0 Å². The number of carbonyl (C=O) groups is 1. The van der Waals surface area contributed by atoms with Gasteiger partial charge in [0, 0.05) is 6.54 Å². The standard InChI is InChI=1S/C7H17N5O2/c8-7(9)11-4-2-1-3-5(12-10)6(13)14/h5,12H,1-4,10H2,(H,13,14)(H4,8,9,11). The van der Waals surface area contributed by atoms with Gasteiger partial charge in [0.25, 0.3) is 0 Å². The van der Waals surface area contributed by atoms with Crippen LogP contribution in [0.3, 0.4) is 0 Å². The lowest BCUT2D eigenvalue weighted by molar-refractivity contribution is -0.139. The molecule has 0 aliphatic heterocycles. The zero-order chi connectivity index (χ0) is 11.0. The van der Waals surface area contributed by atoms with Gasteiger partial charge >= 0.3 is 5.97 Å². The fraction of sp³-hybridized carbons (Fsp3) is 0.714. The average molecular weight is 203 g/mol. The minimum absolute atomic E-state index is 0.0525. The summed E-state index contributed by atoms with van der Waals surface area (Å²) in [5, 5.41) is 8.61. The number of nitrogens with two attached hydrogens (primary N) is 3. The van der Waals surface area contributed by atoms with Gasteiger partial charge < -0.3 is 16.6 Å². The first kappa shape index (κ1) is 12.7. The van der Waals surface area contributed by atoms with Crippen molar-refractivity contribution in [2.75, 3.05) is 6.54 Å². The normalized spacial score (nSPS) is 12.1. The van der Waals surface area contributed by atoms with Crippen LogP contribution in [0.2, 0.25) is 0 Å². The summed E-state index contributed by atoms with van der Waals surface area (Å²) < 4.78 is 0. The van der Waals surface area contributed by atoms with Crippen LogP contribution < -0.4 is 22.7 Å². The number of rotatable bonds is 7. The molecular weight excluding hydrogens is 186 g/mol. The second-order valence-electron chi connectivity index (χ2n) is 2.86. The Hall–Kier alpha value is -1.34. The van der Waals surface area contributed by atoms with Gasteiger partial charge in [0.15, 0.2) is 5.96 Å². The minimum Gasteiger partial charge on any atom is -0.480 e. The largest absolute Gasteiger partial charge is 0.480 e. The number of aliphatic carboxylic acids is 1. The summed E-state index contributed by atoms with van der Waals surface area (Å²) in [7, 11) is 0. The Morgan fingerprint density at radius 2 is 2.07 bits per heavy atom. The van der Waals surface area contributed by atoms with Gasteiger partial charge in [-0.1, -0.05) is 0 Å². The van der Waals surface area contributed by atoms with Crippen LogP contribution in [0.4, 0.5) is 0 Å². The molecule has 82 valence electrons. The van der Waals surface area contributed by atoms with Gasteiger partial charge in [-0.2, -0.15) is 0 Å². The Labute approximate surface area is 82.3 Å². The summed E-state index contributed by atoms with van der Waals surface area (Å²) in [6.45, 7) is 0.513. The third kappa shape index (κ3) is 6.21. The molecule has 0 saturated carbocycles. The van der Waals surface area contributed by atoms with Crippen molar-refractivity contribution in [3.8, 4) is 0 Å². The number of nitrogens with zero attached hydrogens (tertiary/aromatic N) is 1. The molecule has 0 aliphatic rings. The van der Waals surface area contributed by atoms with Crippen LogP contribution in [0.15, 0.2) is 4.99 Å². The van der Waals surface area contributed by atoms with E-state index >= 15 is 0 Å². The van der Waals surface area contributed by atoms with Crippen LogP contribution in [-0.4, -0.2) is 29.6 Å². The molecule has 0 spiro atoms. The Balaban J connectivity index is 3.52. The Morgan fingerprint density at radius 3 is 2.50 bits per heavy atom. The van der Waals surface area contributed by atoms with Crippen molar-refractivity contribution < 1.29 is 9.90 Å². The maximum atomic E-state index is 10.5. The molecule has 0 saturated heterocycles. The Bertz CT molecular complexity index is 202. The van der Waals surface area contributed by atoms with Gasteiger partial charge in [0.2, 0.25) is 0 Å². The number of nitrogens with one attached hydrogen (secondary N) is 1. The molecule has 0 bridgehead atoms. The quantitative estimate of drug-likeness (QED) is 0.110. The molecule has 0 amide bonds. The van der Waals surface area contributed by atoms with Crippen molar-refractivity contribution in [3.05, 3.63) is 0 Å². The van der Waals surface area contributed by atoms with Gasteiger partial charge in [-0.25, -0.2) is 5.43 Å². The number of aliphatic imine (C=N–C) groups is 1. The smallest absolute Gasteiger partial charge is 0.322 e. The zero-order valence-corrected chi connectivity index (χ0v) is 7.94. The Morgan fingerprint density at radius 1 is 1.43 bits per heavy atom. The van der Waals surface area contributed by atoms with Crippen molar-refractivity contribution in [3.63, 3.8) is 0 Å². The number of unbranched alkanes of at least 4 members (excludes halogenated alkanes) is 1. The van der Waals surface area contributed by atoms with Gasteiger partial charge in [0.05, 0.1) is 0 Å². The van der Waals surface area contributed by atoms with Crippen LogP contribution in [-0.2, 0) is 4.79 Å². The van der Waals surface area contributed by atoms with Crippen LogP contribution >= 0.6 is 0 Å². The summed E-state index contributed by atoms with van der Waals surface area (Å²) in [5.41, 5.74) is 12.4. The molecule has 7 heteroatoms. The third-order valence-electron chi connectivity index (χ3n) is 1.69. The zero-order valence-electron chi connectivity index (χ0n) is 7.94. The molecule has 8 N–H and O–H groups in total. The average Bonchev–Trinajstić information content (AvgIpc) is 2.10. The van der Waals surface area contributed by atoms with E-state index in [1.165, 1.54) is 0 Å². The molecule has 14 heavy (non-hydrogen) atoms. The van der Waals surface area contributed by atoms with E-state index in [1.54, 1.807) is 0 Å². The van der Waals surface area contributed by atoms with Gasteiger partial charge in [-0.05, 0) is 19.3 Å². The topological polar surface area (TPSA) is 140 Å². The molecule has 1 atom stereocenters. The van der Waals surface area contributed by atoms with Crippen LogP contribution in [0, 0.1) is 0 Å². The molecule has 0 aromatic rings. The van der Waals surface area contributed by atoms with Crippen molar-refractivity contribution in [2.24, 2.45) is 22.3 Å². The molecular formula is C7H17N5O2. The van der Waals surface area contributed by atoms with E-state index in [9.17, 15) is 4.79 Å². The predicted octanol–water partition coefficient (Wildman–Crippen LogP) is -1.65. The first-order chi connectivity index (χ1) is 6.57. The SMILES string of the molecule is NNC(CCCCN=C(N)N)C(=O)O. The summed E-state index contributed by atoms with van der Waals surface area (Å²) in [6.07, 6.45) is 1.91. The van der Waals surface area contributed by atoms with Crippen molar-refractivity contribution in [1.82, 2.24) is 5.43 Å². The van der Waals surface area contributed by atoms with E-state index in [1.807, 2.05) is 0 Å². The van der Waals surface area contributed by atoms with E-state index in [0.717, 1.165) is 6.42 Å². The monoisotopic (exact) mass is 203 g/mol. The van der Waals surface area contributed by atoms with Crippen LogP contribution in [0.5, 0.6) is 0 Å². The molecule has 7 nitrogen and oxygen atoms in total. The highest BCUT2D eigenvalue weighted by Gasteiger charge is 2.13. The number of hydrogen-bond donors (Lipinski definition) is 5. The predicted molar refractivity (Wildman–Crippen MR) is 53.3 cm³/mol. The van der Waals surface area contributed by atoms with Crippen LogP contribution in [0.25, 0.3) is 0 Å². The minimum atomic E-state index is -0.950. The summed E-state index contributed by atoms with van der Waals surface area (Å²) in [6, 6.07) is -0.700. The maximum Gasteiger partial charge on any atom is 0.322 e. The lowest BCUT2D eigenvalue weighted by atomic mass is 10.1.